The van der Waals surface area contributed by atoms with Crippen LogP contribution in [0.3, 0.4) is 0 Å². The Hall–Kier alpha value is -1.63. The van der Waals surface area contributed by atoms with Crippen molar-refractivity contribution in [2.75, 3.05) is 51.3 Å². The van der Waals surface area contributed by atoms with E-state index in [1.165, 1.54) is 6.42 Å². The van der Waals surface area contributed by atoms with Gasteiger partial charge in [0.2, 0.25) is 0 Å². The number of nitrogens with zero attached hydrogens (tertiary/aromatic N) is 2. The van der Waals surface area contributed by atoms with Crippen molar-refractivity contribution < 1.29 is 14.3 Å². The molecule has 2 saturated heterocycles. The van der Waals surface area contributed by atoms with E-state index < -0.39 is 0 Å². The van der Waals surface area contributed by atoms with Crippen LogP contribution in [-0.2, 0) is 16.1 Å². The second-order valence-corrected chi connectivity index (χ2v) is 6.65. The molecule has 0 spiro atoms. The van der Waals surface area contributed by atoms with Crippen LogP contribution in [0.1, 0.15) is 25.3 Å². The molecule has 2 aliphatic heterocycles. The third-order valence-electron chi connectivity index (χ3n) is 4.87. The molecule has 1 unspecified atom stereocenters. The van der Waals surface area contributed by atoms with Crippen molar-refractivity contribution in [2.45, 2.75) is 32.5 Å². The van der Waals surface area contributed by atoms with Crippen LogP contribution < -0.4 is 5.32 Å². The van der Waals surface area contributed by atoms with E-state index in [1.54, 1.807) is 0 Å². The summed E-state index contributed by atoms with van der Waals surface area (Å²) in [6.07, 6.45) is 2.72. The summed E-state index contributed by atoms with van der Waals surface area (Å²) in [5.41, 5.74) is 1.84. The van der Waals surface area contributed by atoms with Crippen molar-refractivity contribution in [1.82, 2.24) is 9.80 Å². The van der Waals surface area contributed by atoms with Gasteiger partial charge in [0.15, 0.2) is 0 Å². The molecule has 1 N–H and O–H groups in total. The van der Waals surface area contributed by atoms with Crippen molar-refractivity contribution in [1.29, 1.82) is 0 Å². The number of ether oxygens (including phenoxy) is 2. The first-order valence-corrected chi connectivity index (χ1v) is 9.32. The molecule has 0 bridgehead atoms. The summed E-state index contributed by atoms with van der Waals surface area (Å²) in [7, 11) is 0. The van der Waals surface area contributed by atoms with Gasteiger partial charge in [0.25, 0.3) is 0 Å². The minimum absolute atomic E-state index is 0.0271. The van der Waals surface area contributed by atoms with Crippen molar-refractivity contribution in [3.63, 3.8) is 0 Å². The van der Waals surface area contributed by atoms with E-state index in [-0.39, 0.29) is 6.03 Å². The SMILES string of the molecule is CCOCc1ccccc1NC(=O)N1CCN(CC2CCCO2)CC1. The molecule has 2 aliphatic rings. The third kappa shape index (κ3) is 5.17. The monoisotopic (exact) mass is 347 g/mol. The molecule has 0 saturated carbocycles. The van der Waals surface area contributed by atoms with Crippen molar-refractivity contribution in [3.8, 4) is 0 Å². The first-order valence-electron chi connectivity index (χ1n) is 9.32. The number of para-hydroxylation sites is 1. The largest absolute Gasteiger partial charge is 0.377 e. The van der Waals surface area contributed by atoms with Gasteiger partial charge in [-0.3, -0.25) is 4.90 Å². The molecule has 2 heterocycles. The van der Waals surface area contributed by atoms with Crippen LogP contribution in [0.4, 0.5) is 10.5 Å². The molecule has 3 rings (SSSR count). The Morgan fingerprint density at radius 1 is 1.28 bits per heavy atom. The molecular formula is C19H29N3O3. The number of carbonyl (C=O) groups excluding carboxylic acids is 1. The van der Waals surface area contributed by atoms with Gasteiger partial charge in [-0.2, -0.15) is 0 Å². The molecule has 25 heavy (non-hydrogen) atoms. The molecule has 1 atom stereocenters. The highest BCUT2D eigenvalue weighted by molar-refractivity contribution is 5.90. The molecule has 6 nitrogen and oxygen atoms in total. The lowest BCUT2D eigenvalue weighted by molar-refractivity contribution is 0.0571. The average Bonchev–Trinajstić information content (AvgIpc) is 3.14. The molecule has 0 aromatic heterocycles. The zero-order valence-electron chi connectivity index (χ0n) is 15.1. The van der Waals surface area contributed by atoms with E-state index in [1.807, 2.05) is 36.1 Å². The molecular weight excluding hydrogens is 318 g/mol. The number of nitrogens with one attached hydrogen (secondary N) is 1. The zero-order valence-corrected chi connectivity index (χ0v) is 15.1. The fraction of sp³-hybridized carbons (Fsp3) is 0.632. The number of piperazine rings is 1. The lowest BCUT2D eigenvalue weighted by atomic mass is 10.2. The van der Waals surface area contributed by atoms with E-state index in [2.05, 4.69) is 10.2 Å². The van der Waals surface area contributed by atoms with Crippen molar-refractivity contribution >= 4 is 11.7 Å². The van der Waals surface area contributed by atoms with Crippen LogP contribution in [0.5, 0.6) is 0 Å². The molecule has 2 amide bonds. The fourth-order valence-corrected chi connectivity index (χ4v) is 3.38. The normalized spacial score (nSPS) is 21.5. The molecule has 0 radical (unpaired) electrons. The van der Waals surface area contributed by atoms with Gasteiger partial charge in [0.05, 0.1) is 12.7 Å². The summed E-state index contributed by atoms with van der Waals surface area (Å²) >= 11 is 0. The summed E-state index contributed by atoms with van der Waals surface area (Å²) in [5.74, 6) is 0. The molecule has 0 aliphatic carbocycles. The second kappa shape index (κ2) is 9.17. The smallest absolute Gasteiger partial charge is 0.321 e. The maximum atomic E-state index is 12.6. The Balaban J connectivity index is 1.48. The maximum absolute atomic E-state index is 12.6. The summed E-state index contributed by atoms with van der Waals surface area (Å²) in [4.78, 5) is 16.9. The predicted octanol–water partition coefficient (Wildman–Crippen LogP) is 2.55. The van der Waals surface area contributed by atoms with Gasteiger partial charge in [-0.05, 0) is 25.8 Å². The van der Waals surface area contributed by atoms with Gasteiger partial charge in [0, 0.05) is 57.2 Å². The van der Waals surface area contributed by atoms with Crippen LogP contribution >= 0.6 is 0 Å². The Kier molecular flexibility index (Phi) is 6.67. The van der Waals surface area contributed by atoms with Gasteiger partial charge in [-0.25, -0.2) is 4.79 Å². The first kappa shape index (κ1) is 18.2. The van der Waals surface area contributed by atoms with Crippen LogP contribution in [0, 0.1) is 0 Å². The van der Waals surface area contributed by atoms with Gasteiger partial charge in [-0.15, -0.1) is 0 Å². The highest BCUT2D eigenvalue weighted by Crippen LogP contribution is 2.18. The standard InChI is InChI=1S/C19H29N3O3/c1-2-24-15-16-6-3-4-8-18(16)20-19(23)22-11-9-21(10-12-22)14-17-7-5-13-25-17/h3-4,6,8,17H,2,5,7,9-15H2,1H3,(H,20,23). The molecule has 1 aromatic carbocycles. The Morgan fingerprint density at radius 2 is 2.08 bits per heavy atom. The number of rotatable bonds is 6. The number of hydrogen-bond donors (Lipinski definition) is 1. The summed E-state index contributed by atoms with van der Waals surface area (Å²) < 4.78 is 11.2. The summed E-state index contributed by atoms with van der Waals surface area (Å²) in [5, 5.41) is 3.04. The van der Waals surface area contributed by atoms with Gasteiger partial charge < -0.3 is 19.7 Å². The van der Waals surface area contributed by atoms with E-state index >= 15 is 0 Å². The van der Waals surface area contributed by atoms with E-state index in [4.69, 9.17) is 9.47 Å². The lowest BCUT2D eigenvalue weighted by Crippen LogP contribution is -2.51. The quantitative estimate of drug-likeness (QED) is 0.859. The van der Waals surface area contributed by atoms with Crippen molar-refractivity contribution in [2.24, 2.45) is 0 Å². The number of carbonyl (C=O) groups is 1. The van der Waals surface area contributed by atoms with Gasteiger partial charge in [-0.1, -0.05) is 18.2 Å². The number of benzene rings is 1. The predicted molar refractivity (Wildman–Crippen MR) is 97.8 cm³/mol. The number of anilines is 1. The summed E-state index contributed by atoms with van der Waals surface area (Å²) in [6.45, 7) is 8.37. The van der Waals surface area contributed by atoms with Gasteiger partial charge >= 0.3 is 6.03 Å². The highest BCUT2D eigenvalue weighted by Gasteiger charge is 2.25. The van der Waals surface area contributed by atoms with Crippen LogP contribution in [0.2, 0.25) is 0 Å². The molecule has 2 fully saturated rings. The van der Waals surface area contributed by atoms with Crippen LogP contribution in [-0.4, -0.2) is 67.9 Å². The van der Waals surface area contributed by atoms with Crippen molar-refractivity contribution in [3.05, 3.63) is 29.8 Å². The van der Waals surface area contributed by atoms with E-state index in [0.29, 0.717) is 19.3 Å². The summed E-state index contributed by atoms with van der Waals surface area (Å²) in [6, 6.07) is 7.80. The van der Waals surface area contributed by atoms with E-state index in [9.17, 15) is 4.79 Å². The fourth-order valence-electron chi connectivity index (χ4n) is 3.38. The highest BCUT2D eigenvalue weighted by atomic mass is 16.5. The zero-order chi connectivity index (χ0) is 17.5. The molecule has 6 heteroatoms. The number of urea groups is 1. The molecule has 1 aromatic rings. The van der Waals surface area contributed by atoms with E-state index in [0.717, 1.165) is 57.0 Å². The third-order valence-corrected chi connectivity index (χ3v) is 4.87. The first-order chi connectivity index (χ1) is 12.3. The Labute approximate surface area is 150 Å². The topological polar surface area (TPSA) is 54.0 Å². The number of hydrogen-bond acceptors (Lipinski definition) is 4. The average molecular weight is 347 g/mol. The Morgan fingerprint density at radius 3 is 2.80 bits per heavy atom. The second-order valence-electron chi connectivity index (χ2n) is 6.65. The minimum Gasteiger partial charge on any atom is -0.377 e. The Bertz CT molecular complexity index is 553. The van der Waals surface area contributed by atoms with Crippen LogP contribution in [0.15, 0.2) is 24.3 Å². The minimum atomic E-state index is -0.0271. The van der Waals surface area contributed by atoms with Gasteiger partial charge in [0.1, 0.15) is 0 Å². The number of amides is 2. The maximum Gasteiger partial charge on any atom is 0.321 e. The van der Waals surface area contributed by atoms with Crippen LogP contribution in [0.25, 0.3) is 0 Å². The molecule has 138 valence electrons. The lowest BCUT2D eigenvalue weighted by Gasteiger charge is -2.35.